The van der Waals surface area contributed by atoms with Gasteiger partial charge in [-0.1, -0.05) is 29.4 Å². The second kappa shape index (κ2) is 9.98. The highest BCUT2D eigenvalue weighted by atomic mass is 16.7. The van der Waals surface area contributed by atoms with Gasteiger partial charge in [0.05, 0.1) is 25.1 Å². The van der Waals surface area contributed by atoms with Crippen LogP contribution in [0.2, 0.25) is 0 Å². The molecule has 0 N–H and O–H groups in total. The van der Waals surface area contributed by atoms with Gasteiger partial charge in [-0.15, -0.1) is 0 Å². The van der Waals surface area contributed by atoms with Crippen LogP contribution < -0.4 is 4.74 Å². The summed E-state index contributed by atoms with van der Waals surface area (Å²) in [4.78, 5) is 16.7. The molecule has 6 heteroatoms. The third kappa shape index (κ3) is 5.15. The van der Waals surface area contributed by atoms with E-state index in [1.54, 1.807) is 14.0 Å². The number of oxime groups is 1. The average Bonchev–Trinajstić information content (AvgIpc) is 3.11. The van der Waals surface area contributed by atoms with Crippen molar-refractivity contribution >= 4 is 11.7 Å². The van der Waals surface area contributed by atoms with Crippen LogP contribution in [0.15, 0.2) is 59.8 Å². The monoisotopic (exact) mass is 420 g/mol. The molecule has 0 saturated heterocycles. The Morgan fingerprint density at radius 3 is 2.55 bits per heavy atom. The zero-order chi connectivity index (χ0) is 22.4. The third-order valence-electron chi connectivity index (χ3n) is 4.95. The van der Waals surface area contributed by atoms with Gasteiger partial charge in [-0.05, 0) is 63.6 Å². The molecule has 3 rings (SSSR count). The molecule has 162 valence electrons. The van der Waals surface area contributed by atoms with Crippen LogP contribution in [-0.4, -0.2) is 36.6 Å². The molecule has 0 unspecified atom stereocenters. The van der Waals surface area contributed by atoms with Crippen molar-refractivity contribution in [1.29, 1.82) is 0 Å². The lowest BCUT2D eigenvalue weighted by molar-refractivity contribution is -0.148. The van der Waals surface area contributed by atoms with Crippen molar-refractivity contribution in [2.24, 2.45) is 5.16 Å². The summed E-state index contributed by atoms with van der Waals surface area (Å²) in [5.41, 5.74) is 6.89. The van der Waals surface area contributed by atoms with E-state index in [0.29, 0.717) is 12.3 Å². The molecule has 0 spiro atoms. The molecule has 0 bridgehead atoms. The number of aryl methyl sites for hydroxylation is 1. The summed E-state index contributed by atoms with van der Waals surface area (Å²) < 4.78 is 12.5. The fourth-order valence-corrected chi connectivity index (χ4v) is 3.50. The fourth-order valence-electron chi connectivity index (χ4n) is 3.50. The Hall–Kier alpha value is -3.54. The molecule has 0 radical (unpaired) electrons. The summed E-state index contributed by atoms with van der Waals surface area (Å²) in [6, 6.07) is 18.4. The van der Waals surface area contributed by atoms with Crippen LogP contribution in [0.5, 0.6) is 5.75 Å². The highest BCUT2D eigenvalue weighted by Crippen LogP contribution is 2.32. The van der Waals surface area contributed by atoms with Gasteiger partial charge in [0, 0.05) is 22.5 Å². The van der Waals surface area contributed by atoms with Crippen LogP contribution in [0.1, 0.15) is 30.7 Å². The van der Waals surface area contributed by atoms with E-state index in [0.717, 1.165) is 34.0 Å². The molecule has 0 aliphatic carbocycles. The number of hydrogen-bond acceptors (Lipinski definition) is 5. The minimum atomic E-state index is -0.440. The number of carbonyl (C=O) groups is 1. The first-order valence-electron chi connectivity index (χ1n) is 10.2. The Labute approximate surface area is 183 Å². The Kier molecular flexibility index (Phi) is 7.13. The average molecular weight is 421 g/mol. The van der Waals surface area contributed by atoms with Crippen molar-refractivity contribution < 1.29 is 19.1 Å². The normalized spacial score (nSPS) is 11.3. The number of benzene rings is 2. The zero-order valence-corrected chi connectivity index (χ0v) is 18.6. The minimum absolute atomic E-state index is 0.217. The number of rotatable bonds is 8. The molecule has 2 aromatic carbocycles. The summed E-state index contributed by atoms with van der Waals surface area (Å²) in [6.07, 6.45) is 0. The van der Waals surface area contributed by atoms with Crippen molar-refractivity contribution in [3.63, 3.8) is 0 Å². The van der Waals surface area contributed by atoms with Gasteiger partial charge >= 0.3 is 5.97 Å². The number of methoxy groups -OCH3 is 1. The zero-order valence-electron chi connectivity index (χ0n) is 18.6. The highest BCUT2D eigenvalue weighted by molar-refractivity contribution is 6.01. The SMILES string of the molecule is CCOC(=O)CO/N=C(/C)c1cc(-c2cccc(OC)c2)n(-c2cccc(C)c2)c1C. The Bertz CT molecular complexity index is 1100. The minimum Gasteiger partial charge on any atom is -0.497 e. The molecule has 0 amide bonds. The second-order valence-corrected chi connectivity index (χ2v) is 7.19. The van der Waals surface area contributed by atoms with Crippen LogP contribution in [0.3, 0.4) is 0 Å². The van der Waals surface area contributed by atoms with E-state index in [2.05, 4.69) is 47.0 Å². The predicted octanol–water partition coefficient (Wildman–Crippen LogP) is 5.07. The molecule has 0 atom stereocenters. The summed E-state index contributed by atoms with van der Waals surface area (Å²) in [6.45, 7) is 7.84. The van der Waals surface area contributed by atoms with E-state index in [4.69, 9.17) is 14.3 Å². The number of nitrogens with zero attached hydrogens (tertiary/aromatic N) is 2. The molecule has 3 aromatic rings. The van der Waals surface area contributed by atoms with Gasteiger partial charge in [0.25, 0.3) is 0 Å². The molecule has 0 saturated carbocycles. The summed E-state index contributed by atoms with van der Waals surface area (Å²) in [7, 11) is 1.66. The van der Waals surface area contributed by atoms with E-state index in [1.807, 2.05) is 38.1 Å². The maximum absolute atomic E-state index is 11.5. The number of carbonyl (C=O) groups excluding carboxylic acids is 1. The summed E-state index contributed by atoms with van der Waals surface area (Å²) >= 11 is 0. The standard InChI is InChI=1S/C25H28N2O4/c1-6-30-25(28)16-31-26-18(3)23-15-24(20-10-8-12-22(14-20)29-5)27(19(23)4)21-11-7-9-17(2)13-21/h7-15H,6,16H2,1-5H3/b26-18-. The summed E-state index contributed by atoms with van der Waals surface area (Å²) in [5.74, 6) is 0.349. The third-order valence-corrected chi connectivity index (χ3v) is 4.95. The van der Waals surface area contributed by atoms with Gasteiger partial charge < -0.3 is 18.9 Å². The van der Waals surface area contributed by atoms with E-state index in [1.165, 1.54) is 5.56 Å². The first kappa shape index (κ1) is 22.2. The van der Waals surface area contributed by atoms with Crippen molar-refractivity contribution in [2.75, 3.05) is 20.3 Å². The molecule has 0 aliphatic heterocycles. The Balaban J connectivity index is 2.06. The van der Waals surface area contributed by atoms with Gasteiger partial charge in [0.2, 0.25) is 6.61 Å². The molecule has 1 heterocycles. The van der Waals surface area contributed by atoms with Gasteiger partial charge in [-0.25, -0.2) is 4.79 Å². The first-order chi connectivity index (χ1) is 14.9. The number of hydrogen-bond donors (Lipinski definition) is 0. The molecular weight excluding hydrogens is 392 g/mol. The van der Waals surface area contributed by atoms with Crippen molar-refractivity contribution in [2.45, 2.75) is 27.7 Å². The highest BCUT2D eigenvalue weighted by Gasteiger charge is 2.18. The van der Waals surface area contributed by atoms with E-state index in [9.17, 15) is 4.79 Å². The smallest absolute Gasteiger partial charge is 0.347 e. The maximum atomic E-state index is 11.5. The van der Waals surface area contributed by atoms with Crippen molar-refractivity contribution in [1.82, 2.24) is 4.57 Å². The van der Waals surface area contributed by atoms with E-state index in [-0.39, 0.29) is 6.61 Å². The van der Waals surface area contributed by atoms with Gasteiger partial charge in [0.15, 0.2) is 0 Å². The summed E-state index contributed by atoms with van der Waals surface area (Å²) in [5, 5.41) is 4.15. The lowest BCUT2D eigenvalue weighted by Crippen LogP contribution is -2.11. The molecule has 31 heavy (non-hydrogen) atoms. The predicted molar refractivity (Wildman–Crippen MR) is 122 cm³/mol. The number of aromatic nitrogens is 1. The van der Waals surface area contributed by atoms with Crippen LogP contribution in [0.4, 0.5) is 0 Å². The molecule has 0 aliphatic rings. The van der Waals surface area contributed by atoms with E-state index < -0.39 is 5.97 Å². The van der Waals surface area contributed by atoms with Crippen LogP contribution in [-0.2, 0) is 14.4 Å². The van der Waals surface area contributed by atoms with Gasteiger partial charge in [0.1, 0.15) is 5.75 Å². The largest absolute Gasteiger partial charge is 0.497 e. The Morgan fingerprint density at radius 2 is 1.84 bits per heavy atom. The lowest BCUT2D eigenvalue weighted by Gasteiger charge is -2.14. The van der Waals surface area contributed by atoms with Crippen LogP contribution >= 0.6 is 0 Å². The van der Waals surface area contributed by atoms with E-state index >= 15 is 0 Å². The van der Waals surface area contributed by atoms with Gasteiger partial charge in [-0.2, -0.15) is 0 Å². The first-order valence-corrected chi connectivity index (χ1v) is 10.2. The topological polar surface area (TPSA) is 62.1 Å². The molecule has 1 aromatic heterocycles. The number of ether oxygens (including phenoxy) is 2. The van der Waals surface area contributed by atoms with Crippen molar-refractivity contribution in [3.05, 3.63) is 71.4 Å². The van der Waals surface area contributed by atoms with Gasteiger partial charge in [-0.3, -0.25) is 0 Å². The second-order valence-electron chi connectivity index (χ2n) is 7.19. The van der Waals surface area contributed by atoms with Crippen LogP contribution in [0.25, 0.3) is 16.9 Å². The maximum Gasteiger partial charge on any atom is 0.347 e. The Morgan fingerprint density at radius 1 is 1.06 bits per heavy atom. The lowest BCUT2D eigenvalue weighted by atomic mass is 10.1. The molecule has 6 nitrogen and oxygen atoms in total. The van der Waals surface area contributed by atoms with Crippen molar-refractivity contribution in [3.8, 4) is 22.7 Å². The molecule has 0 fully saturated rings. The number of esters is 1. The van der Waals surface area contributed by atoms with Crippen LogP contribution in [0, 0.1) is 13.8 Å². The fraction of sp³-hybridized carbons (Fsp3) is 0.280. The quantitative estimate of drug-likeness (QED) is 0.290. The molecular formula is C25H28N2O4.